The molecule has 0 bridgehead atoms. The summed E-state index contributed by atoms with van der Waals surface area (Å²) in [6.07, 6.45) is 8.49. The Kier molecular flexibility index (Phi) is 7.30. The van der Waals surface area contributed by atoms with Gasteiger partial charge in [-0.15, -0.1) is 0 Å². The minimum absolute atomic E-state index is 0.0398. The number of nitrogens with one attached hydrogen (secondary N) is 1. The molecule has 0 aromatic heterocycles. The first kappa shape index (κ1) is 18.7. The molecule has 23 heavy (non-hydrogen) atoms. The SMILES string of the molecule is NCC(NC(=O)CCCS(=O)(=O)N1CCCC1)C1CCCCC1. The Labute approximate surface area is 140 Å². The smallest absolute Gasteiger partial charge is 0.220 e. The zero-order valence-corrected chi connectivity index (χ0v) is 14.8. The lowest BCUT2D eigenvalue weighted by molar-refractivity contribution is -0.122. The van der Waals surface area contributed by atoms with Gasteiger partial charge in [-0.05, 0) is 38.0 Å². The number of amides is 1. The molecule has 1 saturated heterocycles. The zero-order valence-electron chi connectivity index (χ0n) is 14.0. The van der Waals surface area contributed by atoms with Gasteiger partial charge in [0, 0.05) is 32.1 Å². The van der Waals surface area contributed by atoms with Gasteiger partial charge in [-0.1, -0.05) is 19.3 Å². The van der Waals surface area contributed by atoms with E-state index >= 15 is 0 Å². The second kappa shape index (κ2) is 8.99. The number of nitrogens with zero attached hydrogens (tertiary/aromatic N) is 1. The zero-order chi connectivity index (χ0) is 16.7. The Morgan fingerprint density at radius 2 is 1.78 bits per heavy atom. The number of hydrogen-bond acceptors (Lipinski definition) is 4. The summed E-state index contributed by atoms with van der Waals surface area (Å²) in [5.74, 6) is 0.477. The fourth-order valence-electron chi connectivity index (χ4n) is 3.70. The highest BCUT2D eigenvalue weighted by Crippen LogP contribution is 2.26. The van der Waals surface area contributed by atoms with Crippen molar-refractivity contribution in [2.45, 2.75) is 63.8 Å². The van der Waals surface area contributed by atoms with Crippen molar-refractivity contribution in [3.05, 3.63) is 0 Å². The fraction of sp³-hybridized carbons (Fsp3) is 0.938. The molecule has 1 aliphatic heterocycles. The van der Waals surface area contributed by atoms with Crippen molar-refractivity contribution in [1.29, 1.82) is 0 Å². The molecule has 2 fully saturated rings. The molecule has 0 radical (unpaired) electrons. The Hall–Kier alpha value is -0.660. The third-order valence-corrected chi connectivity index (χ3v) is 7.04. The molecule has 7 heteroatoms. The van der Waals surface area contributed by atoms with E-state index in [1.807, 2.05) is 0 Å². The van der Waals surface area contributed by atoms with E-state index in [1.54, 1.807) is 4.31 Å². The van der Waals surface area contributed by atoms with Gasteiger partial charge in [0.2, 0.25) is 15.9 Å². The van der Waals surface area contributed by atoms with Crippen LogP contribution in [0.2, 0.25) is 0 Å². The van der Waals surface area contributed by atoms with E-state index in [1.165, 1.54) is 19.3 Å². The third kappa shape index (κ3) is 5.72. The van der Waals surface area contributed by atoms with Crippen LogP contribution < -0.4 is 11.1 Å². The van der Waals surface area contributed by atoms with Gasteiger partial charge in [-0.2, -0.15) is 0 Å². The van der Waals surface area contributed by atoms with Crippen molar-refractivity contribution >= 4 is 15.9 Å². The maximum absolute atomic E-state index is 12.1. The third-order valence-electron chi connectivity index (χ3n) is 5.08. The largest absolute Gasteiger partial charge is 0.352 e. The summed E-state index contributed by atoms with van der Waals surface area (Å²) in [5, 5.41) is 3.02. The number of carbonyl (C=O) groups excluding carboxylic acids is 1. The number of hydrogen-bond donors (Lipinski definition) is 2. The van der Waals surface area contributed by atoms with Gasteiger partial charge < -0.3 is 11.1 Å². The van der Waals surface area contributed by atoms with Crippen LogP contribution in [0.1, 0.15) is 57.8 Å². The highest BCUT2D eigenvalue weighted by molar-refractivity contribution is 7.89. The van der Waals surface area contributed by atoms with Crippen molar-refractivity contribution in [2.75, 3.05) is 25.4 Å². The maximum Gasteiger partial charge on any atom is 0.220 e. The molecule has 1 atom stereocenters. The molecule has 1 amide bonds. The molecule has 1 heterocycles. The van der Waals surface area contributed by atoms with Crippen LogP contribution in [0.15, 0.2) is 0 Å². The van der Waals surface area contributed by atoms with Crippen LogP contribution in [0.3, 0.4) is 0 Å². The van der Waals surface area contributed by atoms with Crippen molar-refractivity contribution in [3.8, 4) is 0 Å². The van der Waals surface area contributed by atoms with Crippen LogP contribution in [-0.2, 0) is 14.8 Å². The Morgan fingerprint density at radius 3 is 2.39 bits per heavy atom. The van der Waals surface area contributed by atoms with Crippen LogP contribution in [0, 0.1) is 5.92 Å². The van der Waals surface area contributed by atoms with E-state index in [-0.39, 0.29) is 24.1 Å². The second-order valence-electron chi connectivity index (χ2n) is 6.83. The van der Waals surface area contributed by atoms with E-state index in [0.717, 1.165) is 25.7 Å². The number of carbonyl (C=O) groups is 1. The summed E-state index contributed by atoms with van der Waals surface area (Å²) in [5.41, 5.74) is 5.82. The highest BCUT2D eigenvalue weighted by atomic mass is 32.2. The average molecular weight is 346 g/mol. The summed E-state index contributed by atoms with van der Waals surface area (Å²) >= 11 is 0. The summed E-state index contributed by atoms with van der Waals surface area (Å²) in [6, 6.07) is 0.0398. The molecular weight excluding hydrogens is 314 g/mol. The first-order valence-electron chi connectivity index (χ1n) is 9.00. The molecule has 1 saturated carbocycles. The van der Waals surface area contributed by atoms with Crippen molar-refractivity contribution in [2.24, 2.45) is 11.7 Å². The Bertz CT molecular complexity index is 469. The first-order chi connectivity index (χ1) is 11.0. The van der Waals surface area contributed by atoms with Gasteiger partial charge in [0.1, 0.15) is 0 Å². The van der Waals surface area contributed by atoms with Crippen LogP contribution >= 0.6 is 0 Å². The highest BCUT2D eigenvalue weighted by Gasteiger charge is 2.26. The molecule has 6 nitrogen and oxygen atoms in total. The summed E-state index contributed by atoms with van der Waals surface area (Å²) in [4.78, 5) is 12.1. The molecule has 1 unspecified atom stereocenters. The number of rotatable bonds is 8. The van der Waals surface area contributed by atoms with Crippen molar-refractivity contribution < 1.29 is 13.2 Å². The van der Waals surface area contributed by atoms with Crippen LogP contribution in [0.5, 0.6) is 0 Å². The van der Waals surface area contributed by atoms with E-state index in [9.17, 15) is 13.2 Å². The minimum Gasteiger partial charge on any atom is -0.352 e. The monoisotopic (exact) mass is 345 g/mol. The normalized spacial score (nSPS) is 22.1. The predicted molar refractivity (Wildman–Crippen MR) is 91.4 cm³/mol. The molecule has 0 spiro atoms. The number of nitrogens with two attached hydrogens (primary N) is 1. The predicted octanol–water partition coefficient (Wildman–Crippen LogP) is 1.22. The Balaban J connectivity index is 1.71. The van der Waals surface area contributed by atoms with Gasteiger partial charge in [0.05, 0.1) is 5.75 Å². The van der Waals surface area contributed by atoms with E-state index in [4.69, 9.17) is 5.73 Å². The van der Waals surface area contributed by atoms with Crippen molar-refractivity contribution in [3.63, 3.8) is 0 Å². The van der Waals surface area contributed by atoms with Crippen LogP contribution in [0.4, 0.5) is 0 Å². The van der Waals surface area contributed by atoms with Gasteiger partial charge in [0.15, 0.2) is 0 Å². The summed E-state index contributed by atoms with van der Waals surface area (Å²) in [6.45, 7) is 1.72. The van der Waals surface area contributed by atoms with Crippen LogP contribution in [-0.4, -0.2) is 50.1 Å². The maximum atomic E-state index is 12.1. The standard InChI is InChI=1S/C16H31N3O3S/c17-13-15(14-7-2-1-3-8-14)18-16(20)9-6-12-23(21,22)19-10-4-5-11-19/h14-15H,1-13,17H2,(H,18,20). The molecule has 2 rings (SSSR count). The molecule has 2 aliphatic rings. The first-order valence-corrected chi connectivity index (χ1v) is 10.6. The molecule has 1 aliphatic carbocycles. The molecular formula is C16H31N3O3S. The van der Waals surface area contributed by atoms with Crippen molar-refractivity contribution in [1.82, 2.24) is 9.62 Å². The fourth-order valence-corrected chi connectivity index (χ4v) is 5.28. The molecule has 134 valence electrons. The van der Waals surface area contributed by atoms with E-state index in [2.05, 4.69) is 5.32 Å². The minimum atomic E-state index is -3.18. The van der Waals surface area contributed by atoms with Gasteiger partial charge in [0.25, 0.3) is 0 Å². The number of sulfonamides is 1. The summed E-state index contributed by atoms with van der Waals surface area (Å²) < 4.78 is 25.8. The van der Waals surface area contributed by atoms with Gasteiger partial charge >= 0.3 is 0 Å². The summed E-state index contributed by atoms with van der Waals surface area (Å²) in [7, 11) is -3.18. The lowest BCUT2D eigenvalue weighted by Gasteiger charge is -2.30. The molecule has 3 N–H and O–H groups in total. The van der Waals surface area contributed by atoms with E-state index in [0.29, 0.717) is 32.0 Å². The molecule has 0 aromatic carbocycles. The lowest BCUT2D eigenvalue weighted by atomic mass is 9.84. The quantitative estimate of drug-likeness (QED) is 0.692. The molecule has 0 aromatic rings. The second-order valence-corrected chi connectivity index (χ2v) is 8.92. The van der Waals surface area contributed by atoms with Crippen LogP contribution in [0.25, 0.3) is 0 Å². The lowest BCUT2D eigenvalue weighted by Crippen LogP contribution is -2.46. The average Bonchev–Trinajstić information content (AvgIpc) is 3.08. The Morgan fingerprint density at radius 1 is 1.13 bits per heavy atom. The van der Waals surface area contributed by atoms with Gasteiger partial charge in [-0.25, -0.2) is 12.7 Å². The van der Waals surface area contributed by atoms with E-state index < -0.39 is 10.0 Å². The van der Waals surface area contributed by atoms with Gasteiger partial charge in [-0.3, -0.25) is 4.79 Å². The topological polar surface area (TPSA) is 92.5 Å².